The van der Waals surface area contributed by atoms with Crippen molar-refractivity contribution in [3.63, 3.8) is 0 Å². The normalized spacial score (nSPS) is 13.7. The van der Waals surface area contributed by atoms with Gasteiger partial charge < -0.3 is 9.84 Å². The van der Waals surface area contributed by atoms with Crippen molar-refractivity contribution in [2.45, 2.75) is 45.6 Å². The van der Waals surface area contributed by atoms with E-state index < -0.39 is 6.10 Å². The van der Waals surface area contributed by atoms with Crippen molar-refractivity contribution in [2.24, 2.45) is 0 Å². The molecule has 0 amide bonds. The smallest absolute Gasteiger partial charge is 0.102 e. The van der Waals surface area contributed by atoms with Crippen molar-refractivity contribution in [1.29, 1.82) is 0 Å². The van der Waals surface area contributed by atoms with E-state index in [1.807, 2.05) is 12.1 Å². The lowest BCUT2D eigenvalue weighted by Gasteiger charge is -2.20. The molecule has 0 saturated carbocycles. The summed E-state index contributed by atoms with van der Waals surface area (Å²) in [5, 5.41) is 9.92. The molecule has 2 nitrogen and oxygen atoms in total. The fraction of sp³-hybridized carbons (Fsp3) is 0.600. The van der Waals surface area contributed by atoms with Crippen LogP contribution < -0.4 is 0 Å². The summed E-state index contributed by atoms with van der Waals surface area (Å²) in [6.07, 6.45) is 0.464. The van der Waals surface area contributed by atoms with Crippen LogP contribution in [-0.2, 0) is 10.2 Å². The van der Waals surface area contributed by atoms with Gasteiger partial charge in [0.25, 0.3) is 0 Å². The van der Waals surface area contributed by atoms with Gasteiger partial charge in [0.1, 0.15) is 6.10 Å². The van der Waals surface area contributed by atoms with Crippen molar-refractivity contribution < 1.29 is 9.84 Å². The van der Waals surface area contributed by atoms with Crippen LogP contribution in [0.25, 0.3) is 0 Å². The fourth-order valence-corrected chi connectivity index (χ4v) is 1.64. The Morgan fingerprint density at radius 3 is 2.24 bits per heavy atom. The quantitative estimate of drug-likeness (QED) is 0.793. The molecule has 0 aliphatic carbocycles. The summed E-state index contributed by atoms with van der Waals surface area (Å²) >= 11 is 0. The average molecular weight is 236 g/mol. The van der Waals surface area contributed by atoms with Gasteiger partial charge in [-0.2, -0.15) is 0 Å². The number of rotatable bonds is 5. The maximum Gasteiger partial charge on any atom is 0.102 e. The molecule has 2 heteroatoms. The highest BCUT2D eigenvalue weighted by atomic mass is 16.5. The molecule has 1 rings (SSSR count). The Kier molecular flexibility index (Phi) is 5.16. The minimum absolute atomic E-state index is 0.155. The zero-order chi connectivity index (χ0) is 12.9. The average Bonchev–Trinajstić information content (AvgIpc) is 2.28. The minimum Gasteiger partial charge on any atom is -0.386 e. The molecule has 96 valence electrons. The molecule has 0 aliphatic rings. The zero-order valence-electron chi connectivity index (χ0n) is 11.4. The van der Waals surface area contributed by atoms with Crippen LogP contribution in [0.1, 0.15) is 51.3 Å². The molecule has 17 heavy (non-hydrogen) atoms. The Bertz CT molecular complexity index is 322. The van der Waals surface area contributed by atoms with Gasteiger partial charge in [-0.05, 0) is 23.0 Å². The maximum absolute atomic E-state index is 9.92. The second kappa shape index (κ2) is 6.18. The number of benzene rings is 1. The molecule has 0 heterocycles. The summed E-state index contributed by atoms with van der Waals surface area (Å²) in [4.78, 5) is 0. The van der Waals surface area contributed by atoms with Crippen LogP contribution in [0.5, 0.6) is 0 Å². The Hall–Kier alpha value is -0.860. The van der Waals surface area contributed by atoms with E-state index in [0.717, 1.165) is 12.0 Å². The predicted molar refractivity (Wildman–Crippen MR) is 71.2 cm³/mol. The molecule has 1 N–H and O–H groups in total. The molecule has 1 unspecified atom stereocenters. The molecule has 0 fully saturated rings. The second-order valence-electron chi connectivity index (χ2n) is 5.46. The third kappa shape index (κ3) is 4.49. The number of ether oxygens (including phenoxy) is 1. The number of hydrogen-bond donors (Lipinski definition) is 1. The maximum atomic E-state index is 9.92. The van der Waals surface area contributed by atoms with E-state index in [1.165, 1.54) is 5.56 Å². The zero-order valence-corrected chi connectivity index (χ0v) is 11.4. The van der Waals surface area contributed by atoms with Gasteiger partial charge in [0.2, 0.25) is 0 Å². The van der Waals surface area contributed by atoms with Gasteiger partial charge in [-0.25, -0.2) is 0 Å². The molecule has 1 aromatic rings. The molecule has 1 aromatic carbocycles. The van der Waals surface area contributed by atoms with Crippen LogP contribution in [-0.4, -0.2) is 18.3 Å². The molecule has 0 spiro atoms. The molecule has 1 atom stereocenters. The van der Waals surface area contributed by atoms with Crippen LogP contribution >= 0.6 is 0 Å². The molecule has 0 bridgehead atoms. The summed E-state index contributed by atoms with van der Waals surface area (Å²) in [5.74, 6) is 0. The summed E-state index contributed by atoms with van der Waals surface area (Å²) in [7, 11) is 0. The fourth-order valence-electron chi connectivity index (χ4n) is 1.64. The van der Waals surface area contributed by atoms with Gasteiger partial charge in [-0.3, -0.25) is 0 Å². The highest BCUT2D eigenvalue weighted by Gasteiger charge is 2.14. The molecule has 0 saturated heterocycles. The first-order valence-electron chi connectivity index (χ1n) is 6.31. The lowest BCUT2D eigenvalue weighted by atomic mass is 9.86. The van der Waals surface area contributed by atoms with E-state index in [2.05, 4.69) is 39.8 Å². The van der Waals surface area contributed by atoms with Crippen molar-refractivity contribution in [2.75, 3.05) is 13.2 Å². The number of hydrogen-bond acceptors (Lipinski definition) is 2. The van der Waals surface area contributed by atoms with Gasteiger partial charge in [-0.15, -0.1) is 0 Å². The molecule has 0 aliphatic heterocycles. The van der Waals surface area contributed by atoms with Crippen LogP contribution in [0.3, 0.4) is 0 Å². The molecular formula is C15H24O2. The Morgan fingerprint density at radius 2 is 1.76 bits per heavy atom. The third-order valence-electron chi connectivity index (χ3n) is 2.79. The highest BCUT2D eigenvalue weighted by molar-refractivity contribution is 5.28. The van der Waals surface area contributed by atoms with Gasteiger partial charge in [0, 0.05) is 6.61 Å². The van der Waals surface area contributed by atoms with E-state index in [9.17, 15) is 5.11 Å². The summed E-state index contributed by atoms with van der Waals surface area (Å²) < 4.78 is 5.35. The number of aliphatic hydroxyl groups excluding tert-OH is 1. The first kappa shape index (κ1) is 14.2. The van der Waals surface area contributed by atoms with Crippen molar-refractivity contribution in [3.8, 4) is 0 Å². The van der Waals surface area contributed by atoms with Crippen molar-refractivity contribution >= 4 is 0 Å². The van der Waals surface area contributed by atoms with Crippen molar-refractivity contribution in [3.05, 3.63) is 35.4 Å². The lowest BCUT2D eigenvalue weighted by Crippen LogP contribution is -2.12. The first-order valence-corrected chi connectivity index (χ1v) is 6.31. The standard InChI is InChI=1S/C15H24O2/c1-5-10-17-11-14(16)12-6-8-13(9-7-12)15(2,3)4/h6-9,14,16H,5,10-11H2,1-4H3. The summed E-state index contributed by atoms with van der Waals surface area (Å²) in [6, 6.07) is 8.14. The Morgan fingerprint density at radius 1 is 1.18 bits per heavy atom. The van der Waals surface area contributed by atoms with E-state index in [-0.39, 0.29) is 5.41 Å². The van der Waals surface area contributed by atoms with Gasteiger partial charge >= 0.3 is 0 Å². The van der Waals surface area contributed by atoms with Gasteiger partial charge in [-0.1, -0.05) is 52.0 Å². The predicted octanol–water partition coefficient (Wildman–Crippen LogP) is 3.44. The Balaban J connectivity index is 2.61. The van der Waals surface area contributed by atoms with Gasteiger partial charge in [0.15, 0.2) is 0 Å². The van der Waals surface area contributed by atoms with E-state index >= 15 is 0 Å². The minimum atomic E-state index is -0.518. The second-order valence-corrected chi connectivity index (χ2v) is 5.46. The summed E-state index contributed by atoms with van der Waals surface area (Å²) in [6.45, 7) is 9.69. The van der Waals surface area contributed by atoms with Crippen LogP contribution in [0.15, 0.2) is 24.3 Å². The van der Waals surface area contributed by atoms with E-state index in [1.54, 1.807) is 0 Å². The number of aliphatic hydroxyl groups is 1. The van der Waals surface area contributed by atoms with Crippen molar-refractivity contribution in [1.82, 2.24) is 0 Å². The lowest BCUT2D eigenvalue weighted by molar-refractivity contribution is 0.0364. The largest absolute Gasteiger partial charge is 0.386 e. The topological polar surface area (TPSA) is 29.5 Å². The van der Waals surface area contributed by atoms with E-state index in [4.69, 9.17) is 4.74 Å². The summed E-state index contributed by atoms with van der Waals surface area (Å²) in [5.41, 5.74) is 2.36. The van der Waals surface area contributed by atoms with Crippen LogP contribution in [0.4, 0.5) is 0 Å². The molecule has 0 aromatic heterocycles. The monoisotopic (exact) mass is 236 g/mol. The first-order chi connectivity index (χ1) is 7.95. The third-order valence-corrected chi connectivity index (χ3v) is 2.79. The SMILES string of the molecule is CCCOCC(O)c1ccc(C(C)(C)C)cc1. The highest BCUT2D eigenvalue weighted by Crippen LogP contribution is 2.24. The molecular weight excluding hydrogens is 212 g/mol. The Labute approximate surface area is 105 Å². The molecule has 0 radical (unpaired) electrons. The van der Waals surface area contributed by atoms with E-state index in [0.29, 0.717) is 13.2 Å². The van der Waals surface area contributed by atoms with Crippen LogP contribution in [0.2, 0.25) is 0 Å². The van der Waals surface area contributed by atoms with Crippen LogP contribution in [0, 0.1) is 0 Å². The van der Waals surface area contributed by atoms with Gasteiger partial charge in [0.05, 0.1) is 6.61 Å².